The molecule has 0 fully saturated rings. The molecule has 2 atom stereocenters. The maximum absolute atomic E-state index is 12.8. The molecule has 0 spiro atoms. The zero-order valence-electron chi connectivity index (χ0n) is 15.5. The van der Waals surface area contributed by atoms with Crippen LogP contribution >= 0.6 is 11.8 Å². The summed E-state index contributed by atoms with van der Waals surface area (Å²) in [6.07, 6.45) is -5.37. The van der Waals surface area contributed by atoms with Crippen LogP contribution in [0.1, 0.15) is 22.8 Å². The number of ether oxygens (including phenoxy) is 1. The smallest absolute Gasteiger partial charge is 0.416 e. The number of amides is 1. The van der Waals surface area contributed by atoms with Gasteiger partial charge < -0.3 is 15.2 Å². The van der Waals surface area contributed by atoms with Crippen LogP contribution in [0.3, 0.4) is 0 Å². The van der Waals surface area contributed by atoms with Crippen molar-refractivity contribution in [3.63, 3.8) is 0 Å². The molecule has 5 nitrogen and oxygen atoms in total. The highest BCUT2D eigenvalue weighted by Crippen LogP contribution is 2.31. The second kappa shape index (κ2) is 10.3. The zero-order valence-corrected chi connectivity index (χ0v) is 16.3. The number of halogens is 3. The fourth-order valence-electron chi connectivity index (χ4n) is 2.56. The van der Waals surface area contributed by atoms with E-state index >= 15 is 0 Å². The Morgan fingerprint density at radius 2 is 1.93 bits per heavy atom. The van der Waals surface area contributed by atoms with E-state index < -0.39 is 23.1 Å². The maximum atomic E-state index is 12.8. The van der Waals surface area contributed by atoms with Gasteiger partial charge in [-0.25, -0.2) is 0 Å². The Morgan fingerprint density at radius 3 is 2.52 bits per heavy atom. The Morgan fingerprint density at radius 1 is 1.24 bits per heavy atom. The van der Waals surface area contributed by atoms with Gasteiger partial charge in [0.2, 0.25) is 5.91 Å². The summed E-state index contributed by atoms with van der Waals surface area (Å²) in [4.78, 5) is 22.5. The van der Waals surface area contributed by atoms with Gasteiger partial charge in [-0.2, -0.15) is 13.2 Å². The lowest BCUT2D eigenvalue weighted by molar-refractivity contribution is -0.137. The first-order valence-electron chi connectivity index (χ1n) is 8.62. The van der Waals surface area contributed by atoms with Crippen LogP contribution in [-0.2, 0) is 22.2 Å². The van der Waals surface area contributed by atoms with Crippen LogP contribution in [0.25, 0.3) is 0 Å². The van der Waals surface area contributed by atoms with Crippen LogP contribution in [0.2, 0.25) is 0 Å². The molecule has 1 amide bonds. The minimum Gasteiger partial charge on any atom is -0.491 e. The van der Waals surface area contributed by atoms with E-state index in [1.807, 2.05) is 0 Å². The minimum atomic E-state index is -4.49. The highest BCUT2D eigenvalue weighted by Gasteiger charge is 2.30. The quantitative estimate of drug-likeness (QED) is 0.600. The number of alkyl halides is 3. The van der Waals surface area contributed by atoms with E-state index in [4.69, 9.17) is 4.74 Å². The number of aliphatic hydroxyl groups is 1. The Bertz CT molecular complexity index is 827. The topological polar surface area (TPSA) is 75.6 Å². The van der Waals surface area contributed by atoms with Crippen LogP contribution in [0.4, 0.5) is 13.2 Å². The fourth-order valence-corrected chi connectivity index (χ4v) is 3.22. The van der Waals surface area contributed by atoms with Gasteiger partial charge in [0.1, 0.15) is 18.5 Å². The molecule has 0 saturated heterocycles. The molecule has 0 aliphatic heterocycles. The Hall–Kier alpha value is -2.52. The van der Waals surface area contributed by atoms with E-state index in [1.165, 1.54) is 19.2 Å². The molecule has 0 aromatic heterocycles. The molecular formula is C20H20F3NO4S. The number of carbonyl (C=O) groups is 2. The Kier molecular flexibility index (Phi) is 8.10. The maximum Gasteiger partial charge on any atom is 0.416 e. The molecule has 0 saturated carbocycles. The van der Waals surface area contributed by atoms with Crippen molar-refractivity contribution >= 4 is 23.3 Å². The summed E-state index contributed by atoms with van der Waals surface area (Å²) < 4.78 is 43.8. The average Bonchev–Trinajstić information content (AvgIpc) is 2.71. The number of carbonyl (C=O) groups excluding carboxylic acids is 2. The number of nitrogens with one attached hydrogen (secondary N) is 1. The minimum absolute atomic E-state index is 0.107. The highest BCUT2D eigenvalue weighted by molar-refractivity contribution is 8.13. The van der Waals surface area contributed by atoms with E-state index in [0.29, 0.717) is 17.8 Å². The van der Waals surface area contributed by atoms with Crippen LogP contribution < -0.4 is 10.1 Å². The van der Waals surface area contributed by atoms with Gasteiger partial charge >= 0.3 is 6.18 Å². The van der Waals surface area contributed by atoms with Gasteiger partial charge in [0.25, 0.3) is 0 Å². The van der Waals surface area contributed by atoms with Crippen LogP contribution in [0, 0.1) is 0 Å². The summed E-state index contributed by atoms with van der Waals surface area (Å²) in [5, 5.41) is 12.1. The second-order valence-electron chi connectivity index (χ2n) is 6.13. The molecule has 2 rings (SSSR count). The normalized spacial score (nSPS) is 13.4. The van der Waals surface area contributed by atoms with Gasteiger partial charge in [-0.15, -0.1) is 0 Å². The molecule has 0 aliphatic rings. The molecule has 0 radical (unpaired) electrons. The molecule has 0 bridgehead atoms. The number of aliphatic hydroxyl groups excluding tert-OH is 1. The standard InChI is InChI=1S/C20H20F3NO4S/c1-24-19(27)18(29-12-25)9-13-5-7-16(8-6-13)28-11-17(26)14-3-2-4-15(10-14)20(21,22)23/h2-8,10,12,17-18,26H,9,11H2,1H3,(H,24,27). The van der Waals surface area contributed by atoms with Crippen molar-refractivity contribution in [1.29, 1.82) is 0 Å². The summed E-state index contributed by atoms with van der Waals surface area (Å²) in [6.45, 7) is -0.220. The van der Waals surface area contributed by atoms with Crippen molar-refractivity contribution in [3.05, 3.63) is 65.2 Å². The third-order valence-electron chi connectivity index (χ3n) is 4.11. The number of hydrogen-bond donors (Lipinski definition) is 2. The second-order valence-corrected chi connectivity index (χ2v) is 7.17. The lowest BCUT2D eigenvalue weighted by atomic mass is 10.1. The molecule has 2 N–H and O–H groups in total. The van der Waals surface area contributed by atoms with Gasteiger partial charge in [-0.1, -0.05) is 36.0 Å². The van der Waals surface area contributed by atoms with E-state index in [9.17, 15) is 27.9 Å². The van der Waals surface area contributed by atoms with Gasteiger partial charge in [0, 0.05) is 7.05 Å². The first-order valence-corrected chi connectivity index (χ1v) is 9.56. The number of hydrogen-bond acceptors (Lipinski definition) is 5. The van der Waals surface area contributed by atoms with Gasteiger partial charge in [-0.05, 0) is 41.8 Å². The largest absolute Gasteiger partial charge is 0.491 e. The Balaban J connectivity index is 1.96. The zero-order chi connectivity index (χ0) is 21.4. The predicted molar refractivity (Wildman–Crippen MR) is 104 cm³/mol. The van der Waals surface area contributed by atoms with Crippen LogP contribution in [-0.4, -0.2) is 35.5 Å². The monoisotopic (exact) mass is 427 g/mol. The summed E-state index contributed by atoms with van der Waals surface area (Å²) in [7, 11) is 1.49. The molecule has 2 aromatic rings. The van der Waals surface area contributed by atoms with Crippen molar-refractivity contribution in [2.24, 2.45) is 0 Å². The molecule has 2 unspecified atom stereocenters. The third kappa shape index (κ3) is 6.79. The van der Waals surface area contributed by atoms with E-state index in [-0.39, 0.29) is 18.1 Å². The SMILES string of the molecule is CNC(=O)C(Cc1ccc(OCC(O)c2cccc(C(F)(F)F)c2)cc1)SC=O. The predicted octanol–water partition coefficient (Wildman–Crippen LogP) is 3.40. The van der Waals surface area contributed by atoms with Crippen molar-refractivity contribution in [1.82, 2.24) is 5.32 Å². The summed E-state index contributed by atoms with van der Waals surface area (Å²) in [5.74, 6) is 0.158. The number of thioether (sulfide) groups is 1. The molecule has 0 aliphatic carbocycles. The summed E-state index contributed by atoms with van der Waals surface area (Å²) >= 11 is 0.886. The molecular weight excluding hydrogens is 407 g/mol. The first kappa shape index (κ1) is 22.8. The number of rotatable bonds is 9. The van der Waals surface area contributed by atoms with Crippen molar-refractivity contribution in [3.8, 4) is 5.75 Å². The van der Waals surface area contributed by atoms with Crippen molar-refractivity contribution in [2.75, 3.05) is 13.7 Å². The lowest BCUT2D eigenvalue weighted by Crippen LogP contribution is -2.31. The summed E-state index contributed by atoms with van der Waals surface area (Å²) in [6, 6.07) is 11.1. The highest BCUT2D eigenvalue weighted by atomic mass is 32.2. The molecule has 29 heavy (non-hydrogen) atoms. The Labute approximate surface area is 170 Å². The first-order chi connectivity index (χ1) is 13.7. The van der Waals surface area contributed by atoms with E-state index in [0.717, 1.165) is 29.5 Å². The third-order valence-corrected chi connectivity index (χ3v) is 4.93. The van der Waals surface area contributed by atoms with Gasteiger partial charge in [0.15, 0.2) is 5.62 Å². The van der Waals surface area contributed by atoms with Crippen molar-refractivity contribution < 1.29 is 32.6 Å². The lowest BCUT2D eigenvalue weighted by Gasteiger charge is -2.15. The average molecular weight is 427 g/mol. The molecule has 0 heterocycles. The summed E-state index contributed by atoms with van der Waals surface area (Å²) in [5.41, 5.74) is 0.693. The molecule has 9 heteroatoms. The van der Waals surface area contributed by atoms with Gasteiger partial charge in [-0.3, -0.25) is 9.59 Å². The van der Waals surface area contributed by atoms with Crippen LogP contribution in [0.15, 0.2) is 48.5 Å². The molecule has 156 valence electrons. The van der Waals surface area contributed by atoms with Crippen LogP contribution in [0.5, 0.6) is 5.75 Å². The fraction of sp³-hybridized carbons (Fsp3) is 0.300. The van der Waals surface area contributed by atoms with E-state index in [2.05, 4.69) is 5.32 Å². The molecule has 2 aromatic carbocycles. The van der Waals surface area contributed by atoms with Gasteiger partial charge in [0.05, 0.1) is 10.8 Å². The number of benzene rings is 2. The van der Waals surface area contributed by atoms with Crippen molar-refractivity contribution in [2.45, 2.75) is 24.0 Å². The van der Waals surface area contributed by atoms with E-state index in [1.54, 1.807) is 24.3 Å².